The molecule has 0 fully saturated rings. The van der Waals surface area contributed by atoms with E-state index in [4.69, 9.17) is 4.98 Å². The van der Waals surface area contributed by atoms with Crippen LogP contribution in [0.3, 0.4) is 0 Å². The van der Waals surface area contributed by atoms with Crippen LogP contribution in [0.15, 0.2) is 42.6 Å². The van der Waals surface area contributed by atoms with E-state index in [1.54, 1.807) is 0 Å². The normalized spacial score (nSPS) is 11.7. The molecule has 1 aromatic carbocycles. The van der Waals surface area contributed by atoms with E-state index in [1.807, 2.05) is 41.8 Å². The van der Waals surface area contributed by atoms with Crippen molar-refractivity contribution in [1.82, 2.24) is 9.38 Å². The number of aromatic nitrogens is 2. The lowest BCUT2D eigenvalue weighted by Gasteiger charge is -2.19. The molecule has 0 bridgehead atoms. The number of carbonyl (C=O) groups is 1. The number of pyridine rings is 1. The minimum absolute atomic E-state index is 0.0933. The van der Waals surface area contributed by atoms with Crippen LogP contribution < -0.4 is 5.32 Å². The van der Waals surface area contributed by atoms with Gasteiger partial charge in [-0.15, -0.1) is 0 Å². The van der Waals surface area contributed by atoms with Gasteiger partial charge in [0.1, 0.15) is 11.3 Å². The summed E-state index contributed by atoms with van der Waals surface area (Å²) in [5.41, 5.74) is 5.54. The number of aryl methyl sites for hydroxylation is 2. The average Bonchev–Trinajstić information content (AvgIpc) is 2.94. The van der Waals surface area contributed by atoms with Crippen molar-refractivity contribution in [2.24, 2.45) is 0 Å². The summed E-state index contributed by atoms with van der Waals surface area (Å²) in [4.78, 5) is 17.7. The minimum atomic E-state index is -0.116. The number of amides is 1. The van der Waals surface area contributed by atoms with E-state index in [2.05, 4.69) is 45.1 Å². The quantitative estimate of drug-likeness (QED) is 0.708. The maximum Gasteiger partial charge on any atom is 0.274 e. The molecular weight excluding hydrogens is 322 g/mol. The first kappa shape index (κ1) is 18.2. The Balaban J connectivity index is 1.94. The van der Waals surface area contributed by atoms with Gasteiger partial charge in [-0.25, -0.2) is 4.98 Å². The van der Waals surface area contributed by atoms with Gasteiger partial charge < -0.3 is 5.32 Å². The van der Waals surface area contributed by atoms with Crippen molar-refractivity contribution in [3.8, 4) is 0 Å². The molecule has 0 spiro atoms. The molecule has 1 amide bonds. The molecule has 3 aromatic rings. The predicted octanol–water partition coefficient (Wildman–Crippen LogP) is 5.15. The highest BCUT2D eigenvalue weighted by Crippen LogP contribution is 2.24. The molecule has 4 nitrogen and oxygen atoms in total. The molecule has 136 valence electrons. The molecule has 0 aliphatic carbocycles. The Morgan fingerprint density at radius 2 is 1.85 bits per heavy atom. The van der Waals surface area contributed by atoms with Gasteiger partial charge in [-0.1, -0.05) is 52.3 Å². The Morgan fingerprint density at radius 1 is 1.15 bits per heavy atom. The number of imidazole rings is 1. The van der Waals surface area contributed by atoms with Crippen molar-refractivity contribution in [2.45, 2.75) is 52.9 Å². The number of carbonyl (C=O) groups excluding carboxylic acids is 1. The third-order valence-electron chi connectivity index (χ3n) is 4.63. The number of rotatable bonds is 4. The summed E-state index contributed by atoms with van der Waals surface area (Å²) >= 11 is 0. The molecule has 26 heavy (non-hydrogen) atoms. The molecule has 0 saturated carbocycles. The van der Waals surface area contributed by atoms with Crippen molar-refractivity contribution in [3.05, 3.63) is 65.1 Å². The molecule has 4 heteroatoms. The fourth-order valence-electron chi connectivity index (χ4n) is 3.15. The third-order valence-corrected chi connectivity index (χ3v) is 4.63. The van der Waals surface area contributed by atoms with Crippen molar-refractivity contribution >= 4 is 17.2 Å². The van der Waals surface area contributed by atoms with Gasteiger partial charge in [0.15, 0.2) is 0 Å². The smallest absolute Gasteiger partial charge is 0.274 e. The first-order chi connectivity index (χ1) is 12.3. The van der Waals surface area contributed by atoms with Crippen LogP contribution in [0.4, 0.5) is 5.69 Å². The summed E-state index contributed by atoms with van der Waals surface area (Å²) < 4.78 is 1.90. The van der Waals surface area contributed by atoms with Gasteiger partial charge in [0, 0.05) is 11.9 Å². The van der Waals surface area contributed by atoms with E-state index in [-0.39, 0.29) is 11.3 Å². The molecule has 2 heterocycles. The molecule has 0 atom stereocenters. The Bertz CT molecular complexity index is 930. The number of nitrogens with zero attached hydrogens (tertiary/aromatic N) is 2. The number of benzene rings is 1. The summed E-state index contributed by atoms with van der Waals surface area (Å²) in [6, 6.07) is 12.0. The van der Waals surface area contributed by atoms with Crippen molar-refractivity contribution in [1.29, 1.82) is 0 Å². The first-order valence-electron chi connectivity index (χ1n) is 9.19. The lowest BCUT2D eigenvalue weighted by atomic mass is 9.87. The highest BCUT2D eigenvalue weighted by molar-refractivity contribution is 6.04. The summed E-state index contributed by atoms with van der Waals surface area (Å²) in [7, 11) is 0. The number of fused-ring (bicyclic) bond motifs is 1. The summed E-state index contributed by atoms with van der Waals surface area (Å²) in [6.45, 7) is 10.7. The van der Waals surface area contributed by atoms with Gasteiger partial charge >= 0.3 is 0 Å². The van der Waals surface area contributed by atoms with E-state index >= 15 is 0 Å². The van der Waals surface area contributed by atoms with E-state index in [0.717, 1.165) is 35.4 Å². The van der Waals surface area contributed by atoms with Crippen LogP contribution in [-0.2, 0) is 11.8 Å². The Morgan fingerprint density at radius 3 is 2.46 bits per heavy atom. The predicted molar refractivity (Wildman–Crippen MR) is 107 cm³/mol. The van der Waals surface area contributed by atoms with Gasteiger partial charge in [0.25, 0.3) is 5.91 Å². The van der Waals surface area contributed by atoms with Crippen molar-refractivity contribution < 1.29 is 4.79 Å². The van der Waals surface area contributed by atoms with E-state index in [0.29, 0.717) is 5.69 Å². The first-order valence-corrected chi connectivity index (χ1v) is 9.19. The van der Waals surface area contributed by atoms with Gasteiger partial charge in [0.2, 0.25) is 0 Å². The Kier molecular flexibility index (Phi) is 4.86. The van der Waals surface area contributed by atoms with Gasteiger partial charge in [0.05, 0.1) is 5.69 Å². The van der Waals surface area contributed by atoms with Gasteiger partial charge in [-0.3, -0.25) is 9.20 Å². The fraction of sp³-hybridized carbons (Fsp3) is 0.364. The van der Waals surface area contributed by atoms with Crippen LogP contribution in [0.5, 0.6) is 0 Å². The summed E-state index contributed by atoms with van der Waals surface area (Å²) in [5, 5.41) is 3.03. The molecule has 0 unspecified atom stereocenters. The molecule has 1 N–H and O–H groups in total. The maximum atomic E-state index is 13.0. The minimum Gasteiger partial charge on any atom is -0.321 e. The number of anilines is 1. The zero-order chi connectivity index (χ0) is 18.9. The molecule has 0 aliphatic heterocycles. The van der Waals surface area contributed by atoms with E-state index < -0.39 is 0 Å². The third kappa shape index (κ3) is 3.50. The lowest BCUT2D eigenvalue weighted by molar-refractivity contribution is 0.102. The van der Waals surface area contributed by atoms with E-state index in [9.17, 15) is 4.79 Å². The van der Waals surface area contributed by atoms with Crippen molar-refractivity contribution in [3.63, 3.8) is 0 Å². The highest BCUT2D eigenvalue weighted by Gasteiger charge is 2.20. The lowest BCUT2D eigenvalue weighted by Crippen LogP contribution is -2.17. The van der Waals surface area contributed by atoms with Crippen LogP contribution in [0.2, 0.25) is 0 Å². The second-order valence-corrected chi connectivity index (χ2v) is 7.82. The molecule has 3 rings (SSSR count). The zero-order valence-corrected chi connectivity index (χ0v) is 16.3. The largest absolute Gasteiger partial charge is 0.321 e. The second-order valence-electron chi connectivity index (χ2n) is 7.82. The molecule has 0 radical (unpaired) electrons. The zero-order valence-electron chi connectivity index (χ0n) is 16.3. The average molecular weight is 349 g/mol. The molecule has 0 saturated heterocycles. The molecule has 2 aromatic heterocycles. The Labute approximate surface area is 155 Å². The maximum absolute atomic E-state index is 13.0. The Hall–Kier alpha value is -2.62. The molecule has 0 aliphatic rings. The van der Waals surface area contributed by atoms with Crippen LogP contribution in [-0.4, -0.2) is 15.3 Å². The van der Waals surface area contributed by atoms with Crippen LogP contribution in [0, 0.1) is 6.92 Å². The van der Waals surface area contributed by atoms with E-state index in [1.165, 1.54) is 5.56 Å². The topological polar surface area (TPSA) is 46.4 Å². The number of hydrogen-bond donors (Lipinski definition) is 1. The number of hydrogen-bond acceptors (Lipinski definition) is 2. The van der Waals surface area contributed by atoms with Crippen LogP contribution in [0.25, 0.3) is 5.65 Å². The van der Waals surface area contributed by atoms with Gasteiger partial charge in [-0.2, -0.15) is 0 Å². The highest BCUT2D eigenvalue weighted by atomic mass is 16.2. The molecular formula is C22H27N3O. The van der Waals surface area contributed by atoms with Crippen molar-refractivity contribution in [2.75, 3.05) is 5.32 Å². The van der Waals surface area contributed by atoms with Crippen LogP contribution in [0.1, 0.15) is 61.4 Å². The summed E-state index contributed by atoms with van der Waals surface area (Å²) in [5.74, 6) is -0.116. The monoisotopic (exact) mass is 349 g/mol. The fourth-order valence-corrected chi connectivity index (χ4v) is 3.15. The van der Waals surface area contributed by atoms with Crippen LogP contribution >= 0.6 is 0 Å². The van der Waals surface area contributed by atoms with Gasteiger partial charge in [-0.05, 0) is 48.1 Å². The summed E-state index contributed by atoms with van der Waals surface area (Å²) in [6.07, 6.45) is 3.64. The standard InChI is InChI=1S/C22H27N3O/c1-6-8-18-19(25-14-7-9-15(2)20(25)24-18)21(26)23-17-12-10-16(11-13-17)22(3,4)5/h7,9-14H,6,8H2,1-5H3,(H,23,26). The second kappa shape index (κ2) is 6.94. The number of nitrogens with one attached hydrogen (secondary N) is 1. The SMILES string of the molecule is CCCc1nc2c(C)cccn2c1C(=O)Nc1ccc(C(C)(C)C)cc1.